The smallest absolute Gasteiger partial charge is 0.337 e. The van der Waals surface area contributed by atoms with Gasteiger partial charge in [-0.05, 0) is 79.9 Å². The van der Waals surface area contributed by atoms with Gasteiger partial charge in [0.2, 0.25) is 0 Å². The molecule has 0 aliphatic carbocycles. The molecule has 48 heavy (non-hydrogen) atoms. The summed E-state index contributed by atoms with van der Waals surface area (Å²) in [5.41, 5.74) is 1.66. The summed E-state index contributed by atoms with van der Waals surface area (Å²) < 4.78 is 30.2. The van der Waals surface area contributed by atoms with Crippen molar-refractivity contribution in [2.75, 3.05) is 26.9 Å². The summed E-state index contributed by atoms with van der Waals surface area (Å²) in [6.45, 7) is 6.77. The summed E-state index contributed by atoms with van der Waals surface area (Å²) in [4.78, 5) is 42.3. The Labute approximate surface area is 284 Å². The van der Waals surface area contributed by atoms with E-state index in [1.807, 2.05) is 20.8 Å². The number of methoxy groups -OCH3 is 1. The monoisotopic (exact) mass is 693 g/mol. The molecule has 2 heterocycles. The zero-order chi connectivity index (χ0) is 34.4. The molecule has 1 atom stereocenters. The van der Waals surface area contributed by atoms with Gasteiger partial charge in [0.05, 0.1) is 53.0 Å². The number of thiazole rings is 1. The number of nitrogens with zero attached hydrogens (tertiary/aromatic N) is 3. The average Bonchev–Trinajstić information content (AvgIpc) is 3.39. The molecule has 14 heteroatoms. The predicted octanol–water partition coefficient (Wildman–Crippen LogP) is 5.35. The van der Waals surface area contributed by atoms with E-state index in [1.54, 1.807) is 48.5 Å². The van der Waals surface area contributed by atoms with Gasteiger partial charge in [-0.3, -0.25) is 19.5 Å². The topological polar surface area (TPSA) is 141 Å². The fourth-order valence-corrected chi connectivity index (χ4v) is 6.33. The molecule has 5 rings (SSSR count). The van der Waals surface area contributed by atoms with Crippen LogP contribution < -0.4 is 33.8 Å². The van der Waals surface area contributed by atoms with Crippen molar-refractivity contribution >= 4 is 40.7 Å². The fourth-order valence-electron chi connectivity index (χ4n) is 5.08. The number of carbonyl (C=O) groups excluding carboxylic acids is 1. The summed E-state index contributed by atoms with van der Waals surface area (Å²) in [7, 11) is 1.27. The summed E-state index contributed by atoms with van der Waals surface area (Å²) in [5, 5.41) is 11.2. The maximum atomic E-state index is 14.0. The Hall–Kier alpha value is -5.14. The Morgan fingerprint density at radius 2 is 1.67 bits per heavy atom. The number of ether oxygens (including phenoxy) is 5. The second-order valence-electron chi connectivity index (χ2n) is 10.2. The van der Waals surface area contributed by atoms with Crippen LogP contribution in [0.1, 0.15) is 43.5 Å². The lowest BCUT2D eigenvalue weighted by atomic mass is 9.97. The molecule has 0 spiro atoms. The van der Waals surface area contributed by atoms with E-state index in [-0.39, 0.29) is 28.4 Å². The number of fused-ring (bicyclic) bond motifs is 1. The molecule has 3 aromatic carbocycles. The molecule has 1 aromatic heterocycles. The molecule has 4 aromatic rings. The molecule has 1 aliphatic heterocycles. The lowest BCUT2D eigenvalue weighted by molar-refractivity contribution is -0.384. The third-order valence-corrected chi connectivity index (χ3v) is 8.45. The lowest BCUT2D eigenvalue weighted by Crippen LogP contribution is -2.39. The number of benzene rings is 3. The van der Waals surface area contributed by atoms with Gasteiger partial charge in [0.15, 0.2) is 27.8 Å². The molecular formula is C34H32ClN3O9S. The van der Waals surface area contributed by atoms with Crippen molar-refractivity contribution in [3.63, 3.8) is 0 Å². The van der Waals surface area contributed by atoms with Gasteiger partial charge in [0, 0.05) is 18.3 Å². The number of carbonyl (C=O) groups is 1. The van der Waals surface area contributed by atoms with Crippen LogP contribution >= 0.6 is 22.9 Å². The second-order valence-corrected chi connectivity index (χ2v) is 11.6. The number of halogens is 1. The number of non-ortho nitro benzene ring substituents is 1. The van der Waals surface area contributed by atoms with Crippen LogP contribution in [0.3, 0.4) is 0 Å². The molecule has 12 nitrogen and oxygen atoms in total. The highest BCUT2D eigenvalue weighted by Gasteiger charge is 2.31. The Kier molecular flexibility index (Phi) is 10.8. The van der Waals surface area contributed by atoms with Crippen molar-refractivity contribution in [2.24, 2.45) is 4.99 Å². The molecule has 0 saturated carbocycles. The number of nitro groups is 1. The van der Waals surface area contributed by atoms with E-state index in [2.05, 4.69) is 4.99 Å². The maximum Gasteiger partial charge on any atom is 0.337 e. The van der Waals surface area contributed by atoms with Crippen molar-refractivity contribution in [3.05, 3.63) is 118 Å². The molecule has 0 saturated heterocycles. The van der Waals surface area contributed by atoms with Gasteiger partial charge in [-0.25, -0.2) is 9.79 Å². The first-order valence-corrected chi connectivity index (χ1v) is 16.2. The van der Waals surface area contributed by atoms with Crippen molar-refractivity contribution in [2.45, 2.75) is 33.4 Å². The highest BCUT2D eigenvalue weighted by Crippen LogP contribution is 2.38. The molecule has 0 N–H and O–H groups in total. The summed E-state index contributed by atoms with van der Waals surface area (Å²) >= 11 is 7.82. The van der Waals surface area contributed by atoms with Gasteiger partial charge in [0.25, 0.3) is 11.2 Å². The van der Waals surface area contributed by atoms with Crippen molar-refractivity contribution in [1.82, 2.24) is 4.57 Å². The first-order valence-electron chi connectivity index (χ1n) is 15.0. The van der Waals surface area contributed by atoms with E-state index in [4.69, 9.17) is 35.3 Å². The first-order chi connectivity index (χ1) is 23.2. The van der Waals surface area contributed by atoms with E-state index in [9.17, 15) is 19.7 Å². The Morgan fingerprint density at radius 1 is 0.979 bits per heavy atom. The van der Waals surface area contributed by atoms with Gasteiger partial charge in [-0.1, -0.05) is 29.0 Å². The lowest BCUT2D eigenvalue weighted by Gasteiger charge is -2.23. The third kappa shape index (κ3) is 7.21. The van der Waals surface area contributed by atoms with Crippen LogP contribution in [-0.4, -0.2) is 42.4 Å². The highest BCUT2D eigenvalue weighted by molar-refractivity contribution is 7.07. The summed E-state index contributed by atoms with van der Waals surface area (Å²) in [5.74, 6) is 1.05. The minimum Gasteiger partial charge on any atom is -0.490 e. The van der Waals surface area contributed by atoms with E-state index >= 15 is 0 Å². The normalized spacial score (nSPS) is 14.0. The van der Waals surface area contributed by atoms with E-state index in [0.29, 0.717) is 68.8 Å². The Morgan fingerprint density at radius 3 is 2.33 bits per heavy atom. The van der Waals surface area contributed by atoms with E-state index in [0.717, 1.165) is 11.3 Å². The quantitative estimate of drug-likeness (QED) is 0.103. The highest BCUT2D eigenvalue weighted by atomic mass is 35.5. The number of rotatable bonds is 13. The molecule has 0 fully saturated rings. The Balaban J connectivity index is 1.54. The van der Waals surface area contributed by atoms with Crippen LogP contribution in [0.15, 0.2) is 76.2 Å². The number of aromatic nitrogens is 1. The summed E-state index contributed by atoms with van der Waals surface area (Å²) in [6, 6.07) is 13.8. The maximum absolute atomic E-state index is 14.0. The zero-order valence-corrected chi connectivity index (χ0v) is 28.1. The molecule has 0 amide bonds. The number of hydrogen-bond acceptors (Lipinski definition) is 11. The number of hydrogen-bond donors (Lipinski definition) is 0. The van der Waals surface area contributed by atoms with Crippen molar-refractivity contribution in [1.29, 1.82) is 0 Å². The molecule has 1 aliphatic rings. The third-order valence-electron chi connectivity index (χ3n) is 7.17. The molecular weight excluding hydrogens is 662 g/mol. The van der Waals surface area contributed by atoms with Crippen molar-refractivity contribution in [3.8, 4) is 23.0 Å². The number of esters is 1. The van der Waals surface area contributed by atoms with Gasteiger partial charge in [0.1, 0.15) is 6.61 Å². The molecule has 0 unspecified atom stereocenters. The molecule has 250 valence electrons. The predicted molar refractivity (Wildman–Crippen MR) is 180 cm³/mol. The second kappa shape index (κ2) is 15.2. The fraction of sp³-hybridized carbons (Fsp3) is 0.265. The standard InChI is InChI=1S/C34H32ClN3O9S/c1-5-44-26-13-10-22(17-27(26)45-6-2)30-24(33(40)43-4)18-36-34-37(30)32(39)29(48-34)16-21-14-25(35)31(28(15-21)46-7-3)47-19-20-8-11-23(12-9-20)38(41)42/h8-18,30H,5-7,19H2,1-4H3/b29-16-/t30-/m1/s1. The number of nitro benzene ring substituents is 1. The zero-order valence-electron chi connectivity index (χ0n) is 26.6. The Bertz CT molecular complexity index is 2060. The van der Waals surface area contributed by atoms with Gasteiger partial charge >= 0.3 is 5.97 Å². The van der Waals surface area contributed by atoms with Crippen molar-refractivity contribution < 1.29 is 33.4 Å². The molecule has 0 radical (unpaired) electrons. The molecule has 0 bridgehead atoms. The van der Waals surface area contributed by atoms with Crippen LogP contribution in [0.2, 0.25) is 5.02 Å². The van der Waals surface area contributed by atoms with E-state index < -0.39 is 16.9 Å². The minimum atomic E-state index is -0.844. The van der Waals surface area contributed by atoms with E-state index in [1.165, 1.54) is 30.0 Å². The largest absolute Gasteiger partial charge is 0.490 e. The van der Waals surface area contributed by atoms with Gasteiger partial charge in [-0.15, -0.1) is 0 Å². The average molecular weight is 694 g/mol. The van der Waals surface area contributed by atoms with Crippen LogP contribution in [0.4, 0.5) is 5.69 Å². The van der Waals surface area contributed by atoms with Gasteiger partial charge < -0.3 is 23.7 Å². The summed E-state index contributed by atoms with van der Waals surface area (Å²) in [6.07, 6.45) is 3.09. The van der Waals surface area contributed by atoms with Crippen LogP contribution in [0.25, 0.3) is 6.08 Å². The first kappa shape index (κ1) is 34.2. The van der Waals surface area contributed by atoms with Crippen LogP contribution in [-0.2, 0) is 16.1 Å². The van der Waals surface area contributed by atoms with Gasteiger partial charge in [-0.2, -0.15) is 0 Å². The minimum absolute atomic E-state index is 0.0241. The van der Waals surface area contributed by atoms with Crippen LogP contribution in [0.5, 0.6) is 23.0 Å². The SMILES string of the molecule is CCOc1ccc([C@@H]2C(C(=O)OC)=CN=c3s/c(=C\c4cc(Cl)c(OCc5ccc([N+](=O)[O-])cc5)c(OCC)c4)c(=O)n32)cc1OCC. The van der Waals surface area contributed by atoms with Crippen LogP contribution in [0, 0.1) is 10.1 Å².